The first-order valence-corrected chi connectivity index (χ1v) is 6.65. The second-order valence-electron chi connectivity index (χ2n) is 2.49. The number of nitrogens with zero attached hydrogens (tertiary/aromatic N) is 1. The molecule has 1 aromatic heterocycles. The lowest BCUT2D eigenvalue weighted by Crippen LogP contribution is -1.71. The Hall–Kier alpha value is -0.0300. The molecule has 0 bridgehead atoms. The minimum Gasteiger partial charge on any atom is -0.222 e. The van der Waals surface area contributed by atoms with Crippen LogP contribution >= 0.6 is 50.6 Å². The van der Waals surface area contributed by atoms with Gasteiger partial charge >= 0.3 is 0 Å². The van der Waals surface area contributed by atoms with Gasteiger partial charge in [0.15, 0.2) is 4.34 Å². The van der Waals surface area contributed by atoms with Crippen molar-refractivity contribution >= 4 is 50.6 Å². The molecule has 0 aliphatic rings. The van der Waals surface area contributed by atoms with Gasteiger partial charge < -0.3 is 0 Å². The van der Waals surface area contributed by atoms with Crippen LogP contribution < -0.4 is 0 Å². The summed E-state index contributed by atoms with van der Waals surface area (Å²) in [5.74, 6) is 0. The van der Waals surface area contributed by atoms with Crippen LogP contribution in [0.1, 0.15) is 0 Å². The number of halogens is 2. The number of benzene rings is 1. The van der Waals surface area contributed by atoms with E-state index >= 15 is 0 Å². The highest BCUT2D eigenvalue weighted by molar-refractivity contribution is 9.10. The van der Waals surface area contributed by atoms with E-state index in [2.05, 4.69) is 20.9 Å². The van der Waals surface area contributed by atoms with Crippen LogP contribution in [0.4, 0.5) is 0 Å². The molecule has 0 N–H and O–H groups in total. The molecule has 0 fully saturated rings. The molecular formula is C9H5BrClNS2. The average Bonchev–Trinajstić information content (AvgIpc) is 2.56. The minimum atomic E-state index is 0.759. The second-order valence-corrected chi connectivity index (χ2v) is 5.92. The fraction of sp³-hybridized carbons (Fsp3) is 0. The third-order valence-corrected chi connectivity index (χ3v) is 4.38. The molecule has 1 heterocycles. The molecule has 1 nitrogen and oxygen atoms in total. The molecule has 0 saturated carbocycles. The molecule has 0 amide bonds. The van der Waals surface area contributed by atoms with Crippen molar-refractivity contribution in [2.24, 2.45) is 0 Å². The van der Waals surface area contributed by atoms with Crippen LogP contribution in [0.3, 0.4) is 0 Å². The van der Waals surface area contributed by atoms with Crippen LogP contribution in [0.5, 0.6) is 0 Å². The van der Waals surface area contributed by atoms with E-state index in [4.69, 9.17) is 11.6 Å². The molecule has 1 aromatic carbocycles. The Bertz CT molecular complexity index is 427. The van der Waals surface area contributed by atoms with Crippen LogP contribution in [-0.2, 0) is 0 Å². The molecule has 0 unspecified atom stereocenters. The van der Waals surface area contributed by atoms with Crippen LogP contribution in [-0.4, -0.2) is 4.98 Å². The normalized spacial score (nSPS) is 10.4. The Morgan fingerprint density at radius 2 is 2.00 bits per heavy atom. The lowest BCUT2D eigenvalue weighted by atomic mass is 10.4. The summed E-state index contributed by atoms with van der Waals surface area (Å²) in [6, 6.07) is 7.74. The zero-order chi connectivity index (χ0) is 9.97. The summed E-state index contributed by atoms with van der Waals surface area (Å²) in [6.45, 7) is 0. The number of rotatable bonds is 2. The Morgan fingerprint density at radius 1 is 1.29 bits per heavy atom. The highest BCUT2D eigenvalue weighted by atomic mass is 79.9. The van der Waals surface area contributed by atoms with E-state index in [-0.39, 0.29) is 0 Å². The topological polar surface area (TPSA) is 12.9 Å². The molecule has 0 spiro atoms. The number of aromatic nitrogens is 1. The van der Waals surface area contributed by atoms with Gasteiger partial charge in [0.2, 0.25) is 0 Å². The van der Waals surface area contributed by atoms with E-state index in [0.717, 1.165) is 18.9 Å². The van der Waals surface area contributed by atoms with E-state index in [1.807, 2.05) is 29.6 Å². The van der Waals surface area contributed by atoms with Gasteiger partial charge in [0.1, 0.15) is 4.60 Å². The van der Waals surface area contributed by atoms with E-state index < -0.39 is 0 Å². The van der Waals surface area contributed by atoms with Crippen LogP contribution in [0, 0.1) is 0 Å². The SMILES string of the molecule is Clc1ccc(Sc2nc(Br)cs2)cc1. The van der Waals surface area contributed by atoms with Crippen molar-refractivity contribution in [1.29, 1.82) is 0 Å². The molecule has 0 aliphatic heterocycles. The van der Waals surface area contributed by atoms with Crippen LogP contribution in [0.25, 0.3) is 0 Å². The zero-order valence-corrected chi connectivity index (χ0v) is 10.9. The first-order valence-electron chi connectivity index (χ1n) is 3.78. The molecule has 14 heavy (non-hydrogen) atoms. The van der Waals surface area contributed by atoms with E-state index in [0.29, 0.717) is 0 Å². The van der Waals surface area contributed by atoms with Crippen molar-refractivity contribution in [2.75, 3.05) is 0 Å². The quantitative estimate of drug-likeness (QED) is 0.797. The van der Waals surface area contributed by atoms with Gasteiger partial charge in [-0.05, 0) is 40.2 Å². The maximum absolute atomic E-state index is 5.79. The third kappa shape index (κ3) is 2.73. The van der Waals surface area contributed by atoms with E-state index in [1.165, 1.54) is 0 Å². The van der Waals surface area contributed by atoms with Crippen molar-refractivity contribution in [3.63, 3.8) is 0 Å². The van der Waals surface area contributed by atoms with Gasteiger partial charge in [-0.1, -0.05) is 23.4 Å². The van der Waals surface area contributed by atoms with Gasteiger partial charge in [-0.3, -0.25) is 0 Å². The molecule has 2 rings (SSSR count). The van der Waals surface area contributed by atoms with Crippen molar-refractivity contribution in [3.05, 3.63) is 39.3 Å². The number of hydrogen-bond acceptors (Lipinski definition) is 3. The Kier molecular flexibility index (Phi) is 3.49. The highest BCUT2D eigenvalue weighted by Gasteiger charge is 2.01. The Morgan fingerprint density at radius 3 is 2.57 bits per heavy atom. The van der Waals surface area contributed by atoms with Crippen molar-refractivity contribution in [1.82, 2.24) is 4.98 Å². The zero-order valence-electron chi connectivity index (χ0n) is 6.91. The average molecular weight is 307 g/mol. The summed E-state index contributed by atoms with van der Waals surface area (Å²) < 4.78 is 1.91. The Balaban J connectivity index is 2.15. The summed E-state index contributed by atoms with van der Waals surface area (Å²) >= 11 is 12.4. The first-order chi connectivity index (χ1) is 6.74. The standard InChI is InChI=1S/C9H5BrClNS2/c10-8-5-13-9(12-8)14-7-3-1-6(11)2-4-7/h1-5H. The molecule has 72 valence electrons. The number of hydrogen-bond donors (Lipinski definition) is 0. The van der Waals surface area contributed by atoms with Gasteiger partial charge in [0.25, 0.3) is 0 Å². The monoisotopic (exact) mass is 305 g/mol. The second kappa shape index (κ2) is 4.66. The smallest absolute Gasteiger partial charge is 0.155 e. The molecule has 5 heteroatoms. The summed E-state index contributed by atoms with van der Waals surface area (Å²) in [7, 11) is 0. The fourth-order valence-electron chi connectivity index (χ4n) is 0.889. The van der Waals surface area contributed by atoms with Gasteiger partial charge in [-0.25, -0.2) is 4.98 Å². The molecule has 0 saturated heterocycles. The van der Waals surface area contributed by atoms with Gasteiger partial charge in [-0.15, -0.1) is 11.3 Å². The summed E-state index contributed by atoms with van der Waals surface area (Å²) in [4.78, 5) is 5.44. The van der Waals surface area contributed by atoms with Gasteiger partial charge in [0, 0.05) is 15.3 Å². The number of thiazole rings is 1. The Labute approximate surface area is 104 Å². The predicted molar refractivity (Wildman–Crippen MR) is 65.4 cm³/mol. The maximum Gasteiger partial charge on any atom is 0.155 e. The molecule has 2 aromatic rings. The predicted octanol–water partition coefficient (Wildman–Crippen LogP) is 4.71. The first kappa shape index (κ1) is 10.5. The van der Waals surface area contributed by atoms with Gasteiger partial charge in [-0.2, -0.15) is 0 Å². The van der Waals surface area contributed by atoms with Crippen molar-refractivity contribution in [3.8, 4) is 0 Å². The molecule has 0 radical (unpaired) electrons. The minimum absolute atomic E-state index is 0.759. The molecule has 0 aliphatic carbocycles. The third-order valence-electron chi connectivity index (χ3n) is 1.47. The largest absolute Gasteiger partial charge is 0.222 e. The maximum atomic E-state index is 5.79. The lowest BCUT2D eigenvalue weighted by molar-refractivity contribution is 1.21. The summed E-state index contributed by atoms with van der Waals surface area (Å²) in [5.41, 5.74) is 0. The van der Waals surface area contributed by atoms with E-state index in [9.17, 15) is 0 Å². The molecule has 0 atom stereocenters. The fourth-order valence-corrected chi connectivity index (χ4v) is 3.35. The van der Waals surface area contributed by atoms with Gasteiger partial charge in [0.05, 0.1) is 0 Å². The van der Waals surface area contributed by atoms with Crippen LogP contribution in [0.2, 0.25) is 5.02 Å². The van der Waals surface area contributed by atoms with Crippen LogP contribution in [0.15, 0.2) is 43.5 Å². The van der Waals surface area contributed by atoms with Crippen molar-refractivity contribution in [2.45, 2.75) is 9.24 Å². The summed E-state index contributed by atoms with van der Waals surface area (Å²) in [6.07, 6.45) is 0. The van der Waals surface area contributed by atoms with Crippen molar-refractivity contribution < 1.29 is 0 Å². The molecular weight excluding hydrogens is 302 g/mol. The summed E-state index contributed by atoms with van der Waals surface area (Å²) in [5, 5.41) is 2.73. The highest BCUT2D eigenvalue weighted by Crippen LogP contribution is 2.31. The van der Waals surface area contributed by atoms with E-state index in [1.54, 1.807) is 23.1 Å². The lowest BCUT2D eigenvalue weighted by Gasteiger charge is -1.96.